The molecular formula is C19H15FN2O3. The van der Waals surface area contributed by atoms with E-state index in [9.17, 15) is 14.0 Å². The molecule has 25 heavy (non-hydrogen) atoms. The van der Waals surface area contributed by atoms with Crippen LogP contribution in [0.2, 0.25) is 0 Å². The Morgan fingerprint density at radius 2 is 1.88 bits per heavy atom. The number of methoxy groups -OCH3 is 1. The van der Waals surface area contributed by atoms with Crippen molar-refractivity contribution in [3.63, 3.8) is 0 Å². The molecule has 0 aliphatic heterocycles. The molecule has 0 heterocycles. The quantitative estimate of drug-likeness (QED) is 0.648. The van der Waals surface area contributed by atoms with Crippen molar-refractivity contribution in [1.82, 2.24) is 0 Å². The van der Waals surface area contributed by atoms with Crippen LogP contribution in [0.5, 0.6) is 5.75 Å². The van der Waals surface area contributed by atoms with E-state index in [-0.39, 0.29) is 0 Å². The third kappa shape index (κ3) is 4.75. The first-order chi connectivity index (χ1) is 12.0. The molecular weight excluding hydrogens is 323 g/mol. The number of ether oxygens (including phenoxy) is 1. The number of ketones is 1. The van der Waals surface area contributed by atoms with Gasteiger partial charge in [0, 0.05) is 11.3 Å². The van der Waals surface area contributed by atoms with Crippen LogP contribution in [-0.4, -0.2) is 18.8 Å². The Bertz CT molecular complexity index is 838. The Morgan fingerprint density at radius 1 is 1.20 bits per heavy atom. The molecule has 0 aromatic heterocycles. The molecule has 5 nitrogen and oxygen atoms in total. The maximum Gasteiger partial charge on any atom is 0.249 e. The highest BCUT2D eigenvalue weighted by Gasteiger charge is 2.24. The van der Waals surface area contributed by atoms with Gasteiger partial charge in [-0.25, -0.2) is 4.39 Å². The first-order valence-corrected chi connectivity index (χ1v) is 7.36. The van der Waals surface area contributed by atoms with Gasteiger partial charge in [0.2, 0.25) is 5.91 Å². The van der Waals surface area contributed by atoms with Gasteiger partial charge in [-0.05, 0) is 42.5 Å². The molecule has 1 amide bonds. The summed E-state index contributed by atoms with van der Waals surface area (Å²) in [6.07, 6.45) is 2.65. The van der Waals surface area contributed by atoms with Crippen molar-refractivity contribution in [2.75, 3.05) is 12.4 Å². The fourth-order valence-corrected chi connectivity index (χ4v) is 2.07. The summed E-state index contributed by atoms with van der Waals surface area (Å²) in [6, 6.07) is 13.7. The number of para-hydroxylation sites is 1. The molecule has 0 fully saturated rings. The molecule has 6 heteroatoms. The topological polar surface area (TPSA) is 79.2 Å². The maximum atomic E-state index is 12.9. The van der Waals surface area contributed by atoms with Gasteiger partial charge in [0.05, 0.1) is 13.2 Å². The molecule has 0 radical (unpaired) electrons. The molecule has 1 N–H and O–H groups in total. The largest absolute Gasteiger partial charge is 0.496 e. The number of hydrogen-bond acceptors (Lipinski definition) is 4. The number of nitrogens with one attached hydrogen (secondary N) is 1. The van der Waals surface area contributed by atoms with Crippen molar-refractivity contribution in [1.29, 1.82) is 5.26 Å². The Hall–Kier alpha value is -3.46. The third-order valence-electron chi connectivity index (χ3n) is 3.35. The predicted octanol–water partition coefficient (Wildman–Crippen LogP) is 3.20. The summed E-state index contributed by atoms with van der Waals surface area (Å²) in [7, 11) is 1.50. The van der Waals surface area contributed by atoms with E-state index in [2.05, 4.69) is 5.32 Å². The lowest BCUT2D eigenvalue weighted by atomic mass is 10.0. The highest BCUT2D eigenvalue weighted by molar-refractivity contribution is 6.14. The van der Waals surface area contributed by atoms with E-state index < -0.39 is 23.4 Å². The second kappa shape index (κ2) is 8.41. The second-order valence-electron chi connectivity index (χ2n) is 5.04. The Kier molecular flexibility index (Phi) is 6.02. The predicted molar refractivity (Wildman–Crippen MR) is 91.2 cm³/mol. The average molecular weight is 338 g/mol. The van der Waals surface area contributed by atoms with Crippen LogP contribution in [-0.2, 0) is 9.59 Å². The number of amides is 1. The van der Waals surface area contributed by atoms with Crippen LogP contribution in [0.1, 0.15) is 5.56 Å². The second-order valence-corrected chi connectivity index (χ2v) is 5.04. The van der Waals surface area contributed by atoms with Gasteiger partial charge < -0.3 is 10.1 Å². The minimum atomic E-state index is -1.50. The number of halogens is 1. The summed E-state index contributed by atoms with van der Waals surface area (Å²) < 4.78 is 18.0. The van der Waals surface area contributed by atoms with Crippen molar-refractivity contribution < 1.29 is 18.7 Å². The van der Waals surface area contributed by atoms with Gasteiger partial charge in [-0.2, -0.15) is 5.26 Å². The molecule has 0 saturated carbocycles. The molecule has 2 aromatic carbocycles. The van der Waals surface area contributed by atoms with Crippen LogP contribution in [0.3, 0.4) is 0 Å². The maximum absolute atomic E-state index is 12.9. The number of allylic oxidation sites excluding steroid dienone is 1. The van der Waals surface area contributed by atoms with E-state index in [1.807, 2.05) is 0 Å². The highest BCUT2D eigenvalue weighted by atomic mass is 19.1. The zero-order valence-corrected chi connectivity index (χ0v) is 13.4. The van der Waals surface area contributed by atoms with E-state index in [1.54, 1.807) is 30.3 Å². The summed E-state index contributed by atoms with van der Waals surface area (Å²) in [5, 5.41) is 11.6. The SMILES string of the molecule is COc1ccccc1C=CC(=O)C(C#N)C(=O)Nc1ccc(F)cc1. The minimum Gasteiger partial charge on any atom is -0.496 e. The number of hydrogen-bond donors (Lipinski definition) is 1. The van der Waals surface area contributed by atoms with Crippen LogP contribution in [0.25, 0.3) is 6.08 Å². The van der Waals surface area contributed by atoms with E-state index in [0.717, 1.165) is 6.08 Å². The Morgan fingerprint density at radius 3 is 2.52 bits per heavy atom. The lowest BCUT2D eigenvalue weighted by Crippen LogP contribution is -2.27. The summed E-state index contributed by atoms with van der Waals surface area (Å²) >= 11 is 0. The van der Waals surface area contributed by atoms with Gasteiger partial charge in [0.25, 0.3) is 0 Å². The van der Waals surface area contributed by atoms with Crippen molar-refractivity contribution >= 4 is 23.5 Å². The van der Waals surface area contributed by atoms with Gasteiger partial charge in [0.1, 0.15) is 11.6 Å². The number of anilines is 1. The molecule has 126 valence electrons. The summed E-state index contributed by atoms with van der Waals surface area (Å²) in [6.45, 7) is 0. The smallest absolute Gasteiger partial charge is 0.249 e. The number of rotatable bonds is 6. The number of nitriles is 1. The molecule has 0 spiro atoms. The summed E-state index contributed by atoms with van der Waals surface area (Å²) in [4.78, 5) is 24.3. The van der Waals surface area contributed by atoms with Gasteiger partial charge in [-0.3, -0.25) is 9.59 Å². The highest BCUT2D eigenvalue weighted by Crippen LogP contribution is 2.19. The summed E-state index contributed by atoms with van der Waals surface area (Å²) in [5.41, 5.74) is 0.946. The Labute approximate surface area is 144 Å². The number of carbonyl (C=O) groups is 2. The van der Waals surface area contributed by atoms with Crippen LogP contribution in [0.4, 0.5) is 10.1 Å². The monoisotopic (exact) mass is 338 g/mol. The van der Waals surface area contributed by atoms with Crippen LogP contribution >= 0.6 is 0 Å². The standard InChI is InChI=1S/C19H15FN2O3/c1-25-18-5-3-2-4-13(18)6-11-17(23)16(12-21)19(24)22-15-9-7-14(20)8-10-15/h2-11,16H,1H3,(H,22,24). The molecule has 2 rings (SSSR count). The van der Waals surface area contributed by atoms with Crippen molar-refractivity contribution in [3.05, 3.63) is 66.0 Å². The summed E-state index contributed by atoms with van der Waals surface area (Å²) in [5.74, 6) is -2.82. The van der Waals surface area contributed by atoms with Gasteiger partial charge >= 0.3 is 0 Å². The molecule has 1 unspecified atom stereocenters. The van der Waals surface area contributed by atoms with Gasteiger partial charge in [-0.15, -0.1) is 0 Å². The van der Waals surface area contributed by atoms with E-state index >= 15 is 0 Å². The first-order valence-electron chi connectivity index (χ1n) is 7.36. The fourth-order valence-electron chi connectivity index (χ4n) is 2.07. The van der Waals surface area contributed by atoms with E-state index in [1.165, 1.54) is 37.5 Å². The normalized spacial score (nSPS) is 11.6. The van der Waals surface area contributed by atoms with E-state index in [0.29, 0.717) is 17.0 Å². The average Bonchev–Trinajstić information content (AvgIpc) is 2.62. The number of nitrogens with zero attached hydrogens (tertiary/aromatic N) is 1. The van der Waals surface area contributed by atoms with E-state index in [4.69, 9.17) is 10.00 Å². The van der Waals surface area contributed by atoms with Crippen molar-refractivity contribution in [2.45, 2.75) is 0 Å². The molecule has 0 saturated heterocycles. The minimum absolute atomic E-state index is 0.299. The molecule has 0 aliphatic rings. The molecule has 1 atom stereocenters. The first kappa shape index (κ1) is 17.9. The third-order valence-corrected chi connectivity index (χ3v) is 3.35. The zero-order chi connectivity index (χ0) is 18.2. The van der Waals surface area contributed by atoms with Crippen molar-refractivity contribution in [2.24, 2.45) is 5.92 Å². The van der Waals surface area contributed by atoms with Crippen LogP contribution < -0.4 is 10.1 Å². The van der Waals surface area contributed by atoms with Gasteiger partial charge in [-0.1, -0.05) is 18.2 Å². The van der Waals surface area contributed by atoms with Crippen LogP contribution in [0.15, 0.2) is 54.6 Å². The van der Waals surface area contributed by atoms with Crippen molar-refractivity contribution in [3.8, 4) is 11.8 Å². The zero-order valence-electron chi connectivity index (χ0n) is 13.4. The number of carbonyl (C=O) groups excluding carboxylic acids is 2. The molecule has 0 aliphatic carbocycles. The number of benzene rings is 2. The fraction of sp³-hybridized carbons (Fsp3) is 0.105. The Balaban J connectivity index is 2.10. The molecule has 0 bridgehead atoms. The molecule has 2 aromatic rings. The van der Waals surface area contributed by atoms with Gasteiger partial charge in [0.15, 0.2) is 11.7 Å². The lowest BCUT2D eigenvalue weighted by Gasteiger charge is -2.08. The lowest BCUT2D eigenvalue weighted by molar-refractivity contribution is -0.126. The van der Waals surface area contributed by atoms with Crippen LogP contribution in [0, 0.1) is 23.1 Å².